The molecule has 2 amide bonds. The van der Waals surface area contributed by atoms with Crippen molar-refractivity contribution < 1.29 is 4.79 Å². The second-order valence-corrected chi connectivity index (χ2v) is 3.81. The molecule has 7 N–H and O–H groups in total. The molecule has 104 valence electrons. The Morgan fingerprint density at radius 1 is 1.50 bits per heavy atom. The standard InChI is InChI=1S/C11H24N6O/c1-4-8(2)16-7-9(10(13)14-3)17-11(18)15-6-5-12/h7-8,16H,4-6,12H2,1-3H3,(H2,13,14)(H2,15,17,18). The number of amidine groups is 1. The minimum atomic E-state index is -0.357. The van der Waals surface area contributed by atoms with E-state index in [-0.39, 0.29) is 11.9 Å². The monoisotopic (exact) mass is 256 g/mol. The molecule has 7 heteroatoms. The van der Waals surface area contributed by atoms with Gasteiger partial charge >= 0.3 is 6.03 Å². The van der Waals surface area contributed by atoms with E-state index in [1.807, 2.05) is 6.92 Å². The number of carbonyl (C=O) groups is 1. The molecular formula is C11H24N6O. The third-order valence-corrected chi connectivity index (χ3v) is 2.32. The molecule has 0 heterocycles. The average molecular weight is 256 g/mol. The number of hydrogen-bond donors (Lipinski definition) is 5. The molecule has 1 atom stereocenters. The van der Waals surface area contributed by atoms with Crippen LogP contribution in [0.25, 0.3) is 0 Å². The number of nitrogens with zero attached hydrogens (tertiary/aromatic N) is 1. The van der Waals surface area contributed by atoms with E-state index < -0.39 is 0 Å². The van der Waals surface area contributed by atoms with E-state index in [0.29, 0.717) is 24.8 Å². The first-order chi connectivity index (χ1) is 8.54. The van der Waals surface area contributed by atoms with Crippen molar-refractivity contribution in [3.63, 3.8) is 0 Å². The van der Waals surface area contributed by atoms with E-state index >= 15 is 0 Å². The maximum absolute atomic E-state index is 11.5. The molecule has 0 aromatic rings. The van der Waals surface area contributed by atoms with Crippen molar-refractivity contribution >= 4 is 11.9 Å². The number of carbonyl (C=O) groups excluding carboxylic acids is 1. The van der Waals surface area contributed by atoms with Crippen LogP contribution >= 0.6 is 0 Å². The Bertz CT molecular complexity index is 313. The number of nitrogens with two attached hydrogens (primary N) is 2. The van der Waals surface area contributed by atoms with Crippen molar-refractivity contribution in [1.82, 2.24) is 16.0 Å². The number of aliphatic imine (C=N–C) groups is 1. The lowest BCUT2D eigenvalue weighted by atomic mass is 10.2. The van der Waals surface area contributed by atoms with Gasteiger partial charge in [0.15, 0.2) is 0 Å². The first-order valence-electron chi connectivity index (χ1n) is 5.98. The van der Waals surface area contributed by atoms with Crippen LogP contribution in [0.1, 0.15) is 20.3 Å². The normalized spacial score (nSPS) is 14.0. The van der Waals surface area contributed by atoms with Crippen LogP contribution in [0.3, 0.4) is 0 Å². The van der Waals surface area contributed by atoms with Crippen LogP contribution in [0.4, 0.5) is 4.79 Å². The van der Waals surface area contributed by atoms with E-state index in [1.165, 1.54) is 0 Å². The molecule has 0 aromatic heterocycles. The van der Waals surface area contributed by atoms with Gasteiger partial charge < -0.3 is 27.4 Å². The predicted octanol–water partition coefficient (Wildman–Crippen LogP) is -0.539. The van der Waals surface area contributed by atoms with Crippen LogP contribution in [0, 0.1) is 0 Å². The second-order valence-electron chi connectivity index (χ2n) is 3.81. The summed E-state index contributed by atoms with van der Waals surface area (Å²) in [6, 6.07) is -0.0668. The van der Waals surface area contributed by atoms with Crippen molar-refractivity contribution in [2.75, 3.05) is 20.1 Å². The molecule has 0 bridgehead atoms. The fourth-order valence-corrected chi connectivity index (χ4v) is 0.990. The van der Waals surface area contributed by atoms with Gasteiger partial charge in [-0.1, -0.05) is 6.92 Å². The summed E-state index contributed by atoms with van der Waals surface area (Å²) in [5.74, 6) is 0.258. The van der Waals surface area contributed by atoms with Gasteiger partial charge in [-0.25, -0.2) is 4.79 Å². The zero-order chi connectivity index (χ0) is 14.0. The van der Waals surface area contributed by atoms with Gasteiger partial charge in [0.05, 0.1) is 0 Å². The van der Waals surface area contributed by atoms with Crippen molar-refractivity contribution in [3.05, 3.63) is 11.9 Å². The summed E-state index contributed by atoms with van der Waals surface area (Å²) in [5, 5.41) is 8.33. The highest BCUT2D eigenvalue weighted by Crippen LogP contribution is 1.92. The smallest absolute Gasteiger partial charge is 0.319 e. The van der Waals surface area contributed by atoms with Gasteiger partial charge in [-0.15, -0.1) is 0 Å². The lowest BCUT2D eigenvalue weighted by molar-refractivity contribution is 0.244. The highest BCUT2D eigenvalue weighted by molar-refractivity contribution is 5.99. The third kappa shape index (κ3) is 6.74. The first kappa shape index (κ1) is 16.2. The Morgan fingerprint density at radius 2 is 2.17 bits per heavy atom. The van der Waals surface area contributed by atoms with Crippen LogP contribution in [0.15, 0.2) is 16.9 Å². The molecule has 0 saturated heterocycles. The van der Waals surface area contributed by atoms with Crippen molar-refractivity contribution in [3.8, 4) is 0 Å². The average Bonchev–Trinajstić information content (AvgIpc) is 2.39. The van der Waals surface area contributed by atoms with Crippen molar-refractivity contribution in [1.29, 1.82) is 0 Å². The molecule has 0 fully saturated rings. The van der Waals surface area contributed by atoms with Crippen LogP contribution < -0.4 is 27.4 Å². The summed E-state index contributed by atoms with van der Waals surface area (Å²) in [6.45, 7) is 4.88. The fourth-order valence-electron chi connectivity index (χ4n) is 0.990. The fraction of sp³-hybridized carbons (Fsp3) is 0.636. The molecule has 0 rings (SSSR count). The van der Waals surface area contributed by atoms with Crippen LogP contribution in [-0.4, -0.2) is 38.0 Å². The van der Waals surface area contributed by atoms with Gasteiger partial charge in [0, 0.05) is 32.4 Å². The maximum Gasteiger partial charge on any atom is 0.319 e. The first-order valence-corrected chi connectivity index (χ1v) is 5.98. The Morgan fingerprint density at radius 3 is 2.67 bits per heavy atom. The minimum absolute atomic E-state index is 0.258. The van der Waals surface area contributed by atoms with Crippen LogP contribution in [0.2, 0.25) is 0 Å². The van der Waals surface area contributed by atoms with Crippen molar-refractivity contribution in [2.45, 2.75) is 26.3 Å². The highest BCUT2D eigenvalue weighted by Gasteiger charge is 2.07. The summed E-state index contributed by atoms with van der Waals surface area (Å²) in [5.41, 5.74) is 11.4. The molecule has 0 spiro atoms. The molecule has 0 aliphatic heterocycles. The number of nitrogens with one attached hydrogen (secondary N) is 3. The van der Waals surface area contributed by atoms with Gasteiger partial charge in [0.25, 0.3) is 0 Å². The lowest BCUT2D eigenvalue weighted by Gasteiger charge is -2.13. The summed E-state index contributed by atoms with van der Waals surface area (Å²) in [4.78, 5) is 15.3. The van der Waals surface area contributed by atoms with Crippen LogP contribution in [0.5, 0.6) is 0 Å². The van der Waals surface area contributed by atoms with Crippen LogP contribution in [-0.2, 0) is 0 Å². The predicted molar refractivity (Wildman–Crippen MR) is 74.1 cm³/mol. The molecule has 0 aliphatic rings. The zero-order valence-electron chi connectivity index (χ0n) is 11.3. The summed E-state index contributed by atoms with van der Waals surface area (Å²) >= 11 is 0. The van der Waals surface area contributed by atoms with Gasteiger partial charge in [0.1, 0.15) is 11.5 Å². The Labute approximate surface area is 108 Å². The SMILES string of the molecule is CCC(C)NC=C(NC(=O)NCCN)C(N)=NC. The lowest BCUT2D eigenvalue weighted by Crippen LogP contribution is -2.41. The molecular weight excluding hydrogens is 232 g/mol. The van der Waals surface area contributed by atoms with Gasteiger partial charge in [0.2, 0.25) is 0 Å². The van der Waals surface area contributed by atoms with E-state index in [0.717, 1.165) is 6.42 Å². The Hall–Kier alpha value is -1.76. The topological polar surface area (TPSA) is 118 Å². The number of amides is 2. The number of urea groups is 1. The molecule has 0 aromatic carbocycles. The molecule has 1 unspecified atom stereocenters. The van der Waals surface area contributed by atoms with Gasteiger partial charge in [-0.2, -0.15) is 0 Å². The molecule has 0 aliphatic carbocycles. The molecule has 18 heavy (non-hydrogen) atoms. The third-order valence-electron chi connectivity index (χ3n) is 2.32. The molecule has 0 saturated carbocycles. The second kappa shape index (κ2) is 9.29. The number of hydrogen-bond acceptors (Lipinski definition) is 4. The van der Waals surface area contributed by atoms with Crippen molar-refractivity contribution in [2.24, 2.45) is 16.5 Å². The van der Waals surface area contributed by atoms with E-state index in [4.69, 9.17) is 11.5 Å². The van der Waals surface area contributed by atoms with E-state index in [2.05, 4.69) is 27.9 Å². The summed E-state index contributed by atoms with van der Waals surface area (Å²) in [7, 11) is 1.56. The Balaban J connectivity index is 4.55. The summed E-state index contributed by atoms with van der Waals surface area (Å²) in [6.07, 6.45) is 2.62. The van der Waals surface area contributed by atoms with E-state index in [1.54, 1.807) is 13.2 Å². The Kier molecular flexibility index (Phi) is 8.38. The molecule has 0 radical (unpaired) electrons. The van der Waals surface area contributed by atoms with E-state index in [9.17, 15) is 4.79 Å². The molecule has 7 nitrogen and oxygen atoms in total. The van der Waals surface area contributed by atoms with Gasteiger partial charge in [-0.3, -0.25) is 4.99 Å². The highest BCUT2D eigenvalue weighted by atomic mass is 16.2. The zero-order valence-corrected chi connectivity index (χ0v) is 11.3. The quantitative estimate of drug-likeness (QED) is 0.310. The summed E-state index contributed by atoms with van der Waals surface area (Å²) < 4.78 is 0. The minimum Gasteiger partial charge on any atom is -0.387 e. The van der Waals surface area contributed by atoms with Gasteiger partial charge in [-0.05, 0) is 13.3 Å². The largest absolute Gasteiger partial charge is 0.387 e. The maximum atomic E-state index is 11.5. The number of rotatable bonds is 7.